The fraction of sp³-hybridized carbons (Fsp3) is 0.316. The molecule has 2 aromatic heterocycles. The molecule has 0 saturated heterocycles. The number of amides is 2. The number of benzene rings is 1. The minimum Gasteiger partial charge on any atom is -0.368 e. The molecule has 2 heterocycles. The van der Waals surface area contributed by atoms with Gasteiger partial charge in [0, 0.05) is 11.9 Å². The molecule has 7 heteroatoms. The standard InChI is InChI=1S/C19H22N4O2S/c1-11(2)10-23-19-14(12(3)22-23)9-15(26-19)18(25)21-16(17(20)24)13-7-5-4-6-8-13/h4-9,11,16H,10H2,1-3H3,(H2,20,24)(H,21,25). The van der Waals surface area contributed by atoms with E-state index in [0.29, 0.717) is 16.4 Å². The molecule has 6 nitrogen and oxygen atoms in total. The number of nitrogens with zero attached hydrogens (tertiary/aromatic N) is 2. The molecule has 2 amide bonds. The van der Waals surface area contributed by atoms with Gasteiger partial charge in [-0.1, -0.05) is 44.2 Å². The van der Waals surface area contributed by atoms with Crippen molar-refractivity contribution in [3.63, 3.8) is 0 Å². The molecule has 0 aliphatic heterocycles. The Labute approximate surface area is 156 Å². The van der Waals surface area contributed by atoms with Crippen LogP contribution in [0.2, 0.25) is 0 Å². The highest BCUT2D eigenvalue weighted by molar-refractivity contribution is 7.20. The zero-order valence-corrected chi connectivity index (χ0v) is 15.8. The summed E-state index contributed by atoms with van der Waals surface area (Å²) in [5.41, 5.74) is 7.05. The maximum atomic E-state index is 12.7. The summed E-state index contributed by atoms with van der Waals surface area (Å²) in [7, 11) is 0. The number of aromatic nitrogens is 2. The summed E-state index contributed by atoms with van der Waals surface area (Å²) in [5.74, 6) is -0.448. The number of carbonyl (C=O) groups excluding carboxylic acids is 2. The summed E-state index contributed by atoms with van der Waals surface area (Å²) in [5, 5.41) is 8.26. The van der Waals surface area contributed by atoms with Crippen LogP contribution in [0.3, 0.4) is 0 Å². The van der Waals surface area contributed by atoms with Gasteiger partial charge in [-0.05, 0) is 24.5 Å². The number of hydrogen-bond acceptors (Lipinski definition) is 4. The minimum absolute atomic E-state index is 0.311. The summed E-state index contributed by atoms with van der Waals surface area (Å²) in [4.78, 5) is 26.0. The second-order valence-electron chi connectivity index (χ2n) is 6.71. The van der Waals surface area contributed by atoms with E-state index >= 15 is 0 Å². The minimum atomic E-state index is -0.859. The number of hydrogen-bond donors (Lipinski definition) is 2. The summed E-state index contributed by atoms with van der Waals surface area (Å²) >= 11 is 1.38. The highest BCUT2D eigenvalue weighted by Crippen LogP contribution is 2.29. The largest absolute Gasteiger partial charge is 0.368 e. The maximum absolute atomic E-state index is 12.7. The number of primary amides is 1. The Morgan fingerprint density at radius 3 is 2.58 bits per heavy atom. The number of rotatable bonds is 6. The van der Waals surface area contributed by atoms with Crippen molar-refractivity contribution in [2.45, 2.75) is 33.4 Å². The molecule has 0 aliphatic rings. The van der Waals surface area contributed by atoms with Gasteiger partial charge in [0.25, 0.3) is 5.91 Å². The van der Waals surface area contributed by atoms with Crippen molar-refractivity contribution in [3.8, 4) is 0 Å². The van der Waals surface area contributed by atoms with Gasteiger partial charge in [-0.3, -0.25) is 14.3 Å². The molecule has 3 aromatic rings. The van der Waals surface area contributed by atoms with Crippen molar-refractivity contribution in [2.75, 3.05) is 0 Å². The van der Waals surface area contributed by atoms with Crippen LogP contribution in [0.1, 0.15) is 40.8 Å². The Morgan fingerprint density at radius 1 is 1.27 bits per heavy atom. The third-order valence-electron chi connectivity index (χ3n) is 4.06. The Morgan fingerprint density at radius 2 is 1.96 bits per heavy atom. The molecular formula is C19H22N4O2S. The molecule has 0 spiro atoms. The number of fused-ring (bicyclic) bond motifs is 1. The van der Waals surface area contributed by atoms with Crippen molar-refractivity contribution in [1.82, 2.24) is 15.1 Å². The van der Waals surface area contributed by atoms with Gasteiger partial charge in [0.1, 0.15) is 10.9 Å². The molecule has 1 atom stereocenters. The van der Waals surface area contributed by atoms with Crippen LogP contribution in [-0.2, 0) is 11.3 Å². The van der Waals surface area contributed by atoms with Crippen molar-refractivity contribution in [1.29, 1.82) is 0 Å². The number of carbonyl (C=O) groups is 2. The van der Waals surface area contributed by atoms with Crippen LogP contribution >= 0.6 is 11.3 Å². The Kier molecular flexibility index (Phi) is 5.08. The van der Waals surface area contributed by atoms with Gasteiger partial charge < -0.3 is 11.1 Å². The Hall–Kier alpha value is -2.67. The monoisotopic (exact) mass is 370 g/mol. The van der Waals surface area contributed by atoms with Gasteiger partial charge in [-0.2, -0.15) is 5.10 Å². The maximum Gasteiger partial charge on any atom is 0.262 e. The number of nitrogens with one attached hydrogen (secondary N) is 1. The lowest BCUT2D eigenvalue weighted by Gasteiger charge is -2.15. The Balaban J connectivity index is 1.88. The number of thiophene rings is 1. The van der Waals surface area contributed by atoms with E-state index in [9.17, 15) is 9.59 Å². The molecule has 0 bridgehead atoms. The second-order valence-corrected chi connectivity index (χ2v) is 7.74. The molecule has 3 N–H and O–H groups in total. The van der Waals surface area contributed by atoms with Crippen molar-refractivity contribution >= 4 is 33.4 Å². The van der Waals surface area contributed by atoms with Crippen LogP contribution in [0.5, 0.6) is 0 Å². The zero-order chi connectivity index (χ0) is 18.8. The van der Waals surface area contributed by atoms with Crippen LogP contribution in [-0.4, -0.2) is 21.6 Å². The van der Waals surface area contributed by atoms with E-state index in [2.05, 4.69) is 24.3 Å². The first-order valence-corrected chi connectivity index (χ1v) is 9.30. The van der Waals surface area contributed by atoms with E-state index in [1.165, 1.54) is 11.3 Å². The third kappa shape index (κ3) is 3.62. The average molecular weight is 370 g/mol. The van der Waals surface area contributed by atoms with Gasteiger partial charge in [0.05, 0.1) is 10.6 Å². The summed E-state index contributed by atoms with van der Waals surface area (Å²) in [6.45, 7) is 6.98. The molecule has 136 valence electrons. The summed E-state index contributed by atoms with van der Waals surface area (Å²) in [6, 6.07) is 9.97. The molecule has 1 unspecified atom stereocenters. The smallest absolute Gasteiger partial charge is 0.262 e. The second kappa shape index (κ2) is 7.29. The quantitative estimate of drug-likeness (QED) is 0.699. The first-order chi connectivity index (χ1) is 12.4. The van der Waals surface area contributed by atoms with E-state index in [4.69, 9.17) is 5.73 Å². The molecule has 0 saturated carbocycles. The first-order valence-electron chi connectivity index (χ1n) is 8.49. The van der Waals surface area contributed by atoms with Crippen molar-refractivity contribution < 1.29 is 9.59 Å². The van der Waals surface area contributed by atoms with E-state index in [1.807, 2.05) is 23.7 Å². The SMILES string of the molecule is Cc1nn(CC(C)C)c2sc(C(=O)NC(C(N)=O)c3ccccc3)cc12. The molecule has 0 aliphatic carbocycles. The summed E-state index contributed by atoms with van der Waals surface area (Å²) < 4.78 is 1.94. The van der Waals surface area contributed by atoms with Gasteiger partial charge in [-0.15, -0.1) is 11.3 Å². The van der Waals surface area contributed by atoms with E-state index in [-0.39, 0.29) is 5.91 Å². The predicted octanol–water partition coefficient (Wildman–Crippen LogP) is 3.02. The van der Waals surface area contributed by atoms with Gasteiger partial charge in [-0.25, -0.2) is 0 Å². The van der Waals surface area contributed by atoms with E-state index in [0.717, 1.165) is 22.5 Å². The normalized spacial score (nSPS) is 12.5. The van der Waals surface area contributed by atoms with Crippen LogP contribution in [0, 0.1) is 12.8 Å². The van der Waals surface area contributed by atoms with Crippen molar-refractivity contribution in [3.05, 3.63) is 52.5 Å². The van der Waals surface area contributed by atoms with Gasteiger partial charge >= 0.3 is 0 Å². The van der Waals surface area contributed by atoms with Crippen LogP contribution in [0.25, 0.3) is 10.2 Å². The third-order valence-corrected chi connectivity index (χ3v) is 5.21. The van der Waals surface area contributed by atoms with Gasteiger partial charge in [0.2, 0.25) is 5.91 Å². The predicted molar refractivity (Wildman–Crippen MR) is 103 cm³/mol. The van der Waals surface area contributed by atoms with Gasteiger partial charge in [0.15, 0.2) is 0 Å². The Bertz CT molecular complexity index is 943. The van der Waals surface area contributed by atoms with Crippen molar-refractivity contribution in [2.24, 2.45) is 11.7 Å². The fourth-order valence-electron chi connectivity index (χ4n) is 2.86. The first kappa shape index (κ1) is 18.1. The molecule has 3 rings (SSSR count). The highest BCUT2D eigenvalue weighted by atomic mass is 32.1. The molecule has 1 aromatic carbocycles. The molecular weight excluding hydrogens is 348 g/mol. The van der Waals surface area contributed by atoms with Crippen LogP contribution < -0.4 is 11.1 Å². The topological polar surface area (TPSA) is 90.0 Å². The number of aryl methyl sites for hydroxylation is 1. The molecule has 26 heavy (non-hydrogen) atoms. The zero-order valence-electron chi connectivity index (χ0n) is 15.0. The lowest BCUT2D eigenvalue weighted by atomic mass is 10.1. The summed E-state index contributed by atoms with van der Waals surface area (Å²) in [6.07, 6.45) is 0. The van der Waals surface area contributed by atoms with E-state index < -0.39 is 11.9 Å². The van der Waals surface area contributed by atoms with Crippen LogP contribution in [0.15, 0.2) is 36.4 Å². The van der Waals surface area contributed by atoms with E-state index in [1.54, 1.807) is 24.3 Å². The highest BCUT2D eigenvalue weighted by Gasteiger charge is 2.23. The lowest BCUT2D eigenvalue weighted by molar-refractivity contribution is -0.120. The fourth-order valence-corrected chi connectivity index (χ4v) is 3.93. The van der Waals surface area contributed by atoms with Crippen LogP contribution in [0.4, 0.5) is 0 Å². The average Bonchev–Trinajstić information content (AvgIpc) is 3.14. The number of nitrogens with two attached hydrogens (primary N) is 1. The molecule has 0 fully saturated rings. The molecule has 0 radical (unpaired) electrons. The lowest BCUT2D eigenvalue weighted by Crippen LogP contribution is -2.37.